The lowest BCUT2D eigenvalue weighted by Gasteiger charge is -2.15. The van der Waals surface area contributed by atoms with Crippen molar-refractivity contribution < 1.29 is 9.59 Å². The Morgan fingerprint density at radius 3 is 2.14 bits per heavy atom. The first kappa shape index (κ1) is 15.8. The molecule has 4 nitrogen and oxygen atoms in total. The van der Waals surface area contributed by atoms with Crippen LogP contribution in [0.15, 0.2) is 60.7 Å². The van der Waals surface area contributed by atoms with Crippen molar-refractivity contribution in [1.82, 2.24) is 5.32 Å². The molecular weight excluding hydrogens is 276 g/mol. The fourth-order valence-corrected chi connectivity index (χ4v) is 2.30. The van der Waals surface area contributed by atoms with Gasteiger partial charge in [-0.2, -0.15) is 0 Å². The van der Waals surface area contributed by atoms with Gasteiger partial charge in [-0.15, -0.1) is 0 Å². The van der Waals surface area contributed by atoms with Gasteiger partial charge in [0.25, 0.3) is 0 Å². The number of primary amides is 1. The van der Waals surface area contributed by atoms with Crippen LogP contribution in [0.4, 0.5) is 0 Å². The zero-order valence-corrected chi connectivity index (χ0v) is 12.4. The van der Waals surface area contributed by atoms with Crippen molar-refractivity contribution in [2.45, 2.75) is 25.3 Å². The molecule has 2 rings (SSSR count). The van der Waals surface area contributed by atoms with E-state index >= 15 is 0 Å². The molecule has 0 aliphatic heterocycles. The second-order valence-electron chi connectivity index (χ2n) is 5.15. The van der Waals surface area contributed by atoms with Gasteiger partial charge in [0.2, 0.25) is 11.8 Å². The lowest BCUT2D eigenvalue weighted by Crippen LogP contribution is -2.37. The number of benzene rings is 2. The van der Waals surface area contributed by atoms with E-state index in [1.54, 1.807) is 12.1 Å². The Bertz CT molecular complexity index is 611. The second-order valence-corrected chi connectivity index (χ2v) is 5.15. The number of carbonyl (C=O) groups excluding carboxylic acids is 2. The van der Waals surface area contributed by atoms with E-state index in [9.17, 15) is 9.59 Å². The van der Waals surface area contributed by atoms with E-state index in [0.717, 1.165) is 12.8 Å². The Morgan fingerprint density at radius 2 is 1.55 bits per heavy atom. The molecule has 0 heterocycles. The van der Waals surface area contributed by atoms with Crippen LogP contribution in [0.1, 0.15) is 30.0 Å². The van der Waals surface area contributed by atoms with Gasteiger partial charge in [-0.25, -0.2) is 0 Å². The van der Waals surface area contributed by atoms with Crippen molar-refractivity contribution >= 4 is 11.8 Å². The monoisotopic (exact) mass is 296 g/mol. The molecule has 4 heteroatoms. The van der Waals surface area contributed by atoms with E-state index in [0.29, 0.717) is 12.0 Å². The minimum absolute atomic E-state index is 0.163. The van der Waals surface area contributed by atoms with E-state index in [1.807, 2.05) is 48.5 Å². The molecule has 114 valence electrons. The molecular formula is C18H20N2O2. The Balaban J connectivity index is 1.85. The normalized spacial score (nSPS) is 11.6. The number of nitrogens with one attached hydrogen (secondary N) is 1. The lowest BCUT2D eigenvalue weighted by molar-refractivity contribution is -0.127. The van der Waals surface area contributed by atoms with Crippen LogP contribution in [0.2, 0.25) is 0 Å². The number of hydrogen-bond acceptors (Lipinski definition) is 2. The minimum Gasteiger partial charge on any atom is -0.368 e. The molecule has 0 radical (unpaired) electrons. The maximum Gasteiger partial charge on any atom is 0.244 e. The summed E-state index contributed by atoms with van der Waals surface area (Å²) in [5, 5.41) is 2.71. The van der Waals surface area contributed by atoms with E-state index < -0.39 is 11.9 Å². The lowest BCUT2D eigenvalue weighted by atomic mass is 10.1. The number of amides is 2. The van der Waals surface area contributed by atoms with Crippen molar-refractivity contribution in [2.24, 2.45) is 5.73 Å². The summed E-state index contributed by atoms with van der Waals surface area (Å²) in [6.07, 6.45) is 1.93. The molecule has 0 aliphatic carbocycles. The van der Waals surface area contributed by atoms with Crippen molar-refractivity contribution in [3.63, 3.8) is 0 Å². The van der Waals surface area contributed by atoms with Crippen LogP contribution < -0.4 is 11.1 Å². The van der Waals surface area contributed by atoms with Crippen molar-refractivity contribution in [3.8, 4) is 0 Å². The second kappa shape index (κ2) is 7.98. The number of aryl methyl sites for hydroxylation is 1. The number of nitrogens with two attached hydrogens (primary N) is 1. The predicted molar refractivity (Wildman–Crippen MR) is 85.9 cm³/mol. The highest BCUT2D eigenvalue weighted by Gasteiger charge is 2.19. The van der Waals surface area contributed by atoms with Crippen LogP contribution in [0.25, 0.3) is 0 Å². The summed E-state index contributed by atoms with van der Waals surface area (Å²) in [5.74, 6) is -0.716. The summed E-state index contributed by atoms with van der Waals surface area (Å²) >= 11 is 0. The molecule has 0 unspecified atom stereocenters. The van der Waals surface area contributed by atoms with Crippen LogP contribution in [-0.2, 0) is 16.0 Å². The van der Waals surface area contributed by atoms with Crippen LogP contribution in [0.5, 0.6) is 0 Å². The maximum atomic E-state index is 12.0. The fourth-order valence-electron chi connectivity index (χ4n) is 2.30. The highest BCUT2D eigenvalue weighted by molar-refractivity contribution is 5.87. The molecule has 2 aromatic rings. The summed E-state index contributed by atoms with van der Waals surface area (Å²) in [4.78, 5) is 23.5. The van der Waals surface area contributed by atoms with Gasteiger partial charge < -0.3 is 11.1 Å². The van der Waals surface area contributed by atoms with Crippen LogP contribution >= 0.6 is 0 Å². The molecule has 0 bridgehead atoms. The smallest absolute Gasteiger partial charge is 0.244 e. The SMILES string of the molecule is NC(=O)[C@@H](NC(=O)CCCc1ccccc1)c1ccccc1. The Morgan fingerprint density at radius 1 is 0.955 bits per heavy atom. The summed E-state index contributed by atoms with van der Waals surface area (Å²) < 4.78 is 0. The highest BCUT2D eigenvalue weighted by atomic mass is 16.2. The Labute approximate surface area is 130 Å². The molecule has 2 aromatic carbocycles. The van der Waals surface area contributed by atoms with Crippen LogP contribution in [0.3, 0.4) is 0 Å². The molecule has 3 N–H and O–H groups in total. The van der Waals surface area contributed by atoms with E-state index in [2.05, 4.69) is 5.32 Å². The van der Waals surface area contributed by atoms with E-state index in [4.69, 9.17) is 5.73 Å². The van der Waals surface area contributed by atoms with Gasteiger partial charge in [0.15, 0.2) is 0 Å². The largest absolute Gasteiger partial charge is 0.368 e. The molecule has 0 saturated heterocycles. The third-order valence-corrected chi connectivity index (χ3v) is 3.43. The van der Waals surface area contributed by atoms with Gasteiger partial charge in [-0.1, -0.05) is 60.7 Å². The average molecular weight is 296 g/mol. The predicted octanol–water partition coefficient (Wildman–Crippen LogP) is 2.35. The standard InChI is InChI=1S/C18H20N2O2/c19-18(22)17(15-11-5-2-6-12-15)20-16(21)13-7-10-14-8-3-1-4-9-14/h1-6,8-9,11-12,17H,7,10,13H2,(H2,19,22)(H,20,21)/t17-/m0/s1. The topological polar surface area (TPSA) is 72.2 Å². The summed E-state index contributed by atoms with van der Waals surface area (Å²) in [5.41, 5.74) is 7.28. The average Bonchev–Trinajstić information content (AvgIpc) is 2.54. The third-order valence-electron chi connectivity index (χ3n) is 3.43. The first-order chi connectivity index (χ1) is 10.7. The molecule has 2 amide bonds. The molecule has 22 heavy (non-hydrogen) atoms. The Kier molecular flexibility index (Phi) is 5.72. The first-order valence-electron chi connectivity index (χ1n) is 7.34. The third kappa shape index (κ3) is 4.74. The minimum atomic E-state index is -0.773. The van der Waals surface area contributed by atoms with E-state index in [1.165, 1.54) is 5.56 Å². The maximum absolute atomic E-state index is 12.0. The van der Waals surface area contributed by atoms with Gasteiger partial charge in [0.05, 0.1) is 0 Å². The number of hydrogen-bond donors (Lipinski definition) is 2. The highest BCUT2D eigenvalue weighted by Crippen LogP contribution is 2.12. The fraction of sp³-hybridized carbons (Fsp3) is 0.222. The Hall–Kier alpha value is -2.62. The van der Waals surface area contributed by atoms with Crippen molar-refractivity contribution in [3.05, 3.63) is 71.8 Å². The molecule has 0 aliphatic rings. The van der Waals surface area contributed by atoms with Gasteiger partial charge >= 0.3 is 0 Å². The number of rotatable bonds is 7. The summed E-state index contributed by atoms with van der Waals surface area (Å²) in [6, 6.07) is 18.3. The molecule has 0 aromatic heterocycles. The van der Waals surface area contributed by atoms with Gasteiger partial charge in [0.1, 0.15) is 6.04 Å². The first-order valence-corrected chi connectivity index (χ1v) is 7.34. The van der Waals surface area contributed by atoms with Gasteiger partial charge in [0, 0.05) is 6.42 Å². The van der Waals surface area contributed by atoms with Crippen molar-refractivity contribution in [2.75, 3.05) is 0 Å². The summed E-state index contributed by atoms with van der Waals surface area (Å²) in [6.45, 7) is 0. The van der Waals surface area contributed by atoms with E-state index in [-0.39, 0.29) is 5.91 Å². The van der Waals surface area contributed by atoms with Gasteiger partial charge in [-0.05, 0) is 24.0 Å². The van der Waals surface area contributed by atoms with Gasteiger partial charge in [-0.3, -0.25) is 9.59 Å². The number of carbonyl (C=O) groups is 2. The molecule has 1 atom stereocenters. The summed E-state index contributed by atoms with van der Waals surface area (Å²) in [7, 11) is 0. The van der Waals surface area contributed by atoms with Crippen LogP contribution in [0, 0.1) is 0 Å². The zero-order chi connectivity index (χ0) is 15.8. The van der Waals surface area contributed by atoms with Crippen LogP contribution in [-0.4, -0.2) is 11.8 Å². The van der Waals surface area contributed by atoms with Crippen molar-refractivity contribution in [1.29, 1.82) is 0 Å². The molecule has 0 fully saturated rings. The molecule has 0 saturated carbocycles. The molecule has 0 spiro atoms. The quantitative estimate of drug-likeness (QED) is 0.823. The zero-order valence-electron chi connectivity index (χ0n) is 12.4.